The highest BCUT2D eigenvalue weighted by Gasteiger charge is 2.13. The number of hydrogen-bond donors (Lipinski definition) is 2. The molecule has 0 fully saturated rings. The third-order valence-corrected chi connectivity index (χ3v) is 4.54. The SMILES string of the molecule is COc1ccc(CCCc2[nH]c(=O)n(Cc3cccc(Cl)c3)c2O)cc1. The van der Waals surface area contributed by atoms with Crippen LogP contribution in [0.15, 0.2) is 53.3 Å². The number of halogens is 1. The van der Waals surface area contributed by atoms with Gasteiger partial charge in [0.15, 0.2) is 0 Å². The van der Waals surface area contributed by atoms with Crippen LogP contribution in [0.1, 0.15) is 23.2 Å². The Bertz CT molecular complexity index is 929. The molecule has 5 nitrogen and oxygen atoms in total. The van der Waals surface area contributed by atoms with Crippen LogP contribution in [0.5, 0.6) is 11.6 Å². The Labute approximate surface area is 156 Å². The lowest BCUT2D eigenvalue weighted by atomic mass is 10.1. The van der Waals surface area contributed by atoms with Crippen LogP contribution in [-0.4, -0.2) is 21.8 Å². The average molecular weight is 373 g/mol. The van der Waals surface area contributed by atoms with E-state index in [0.717, 1.165) is 24.2 Å². The van der Waals surface area contributed by atoms with E-state index < -0.39 is 0 Å². The summed E-state index contributed by atoms with van der Waals surface area (Å²) in [5.74, 6) is 0.818. The molecule has 0 saturated heterocycles. The van der Waals surface area contributed by atoms with E-state index in [9.17, 15) is 9.90 Å². The zero-order valence-electron chi connectivity index (χ0n) is 14.5. The molecule has 6 heteroatoms. The van der Waals surface area contributed by atoms with Gasteiger partial charge in [0.05, 0.1) is 19.3 Å². The van der Waals surface area contributed by atoms with Gasteiger partial charge < -0.3 is 14.8 Å². The third kappa shape index (κ3) is 4.29. The normalized spacial score (nSPS) is 10.8. The predicted octanol–water partition coefficient (Wildman–Crippen LogP) is 3.77. The molecule has 0 atom stereocenters. The largest absolute Gasteiger partial charge is 0.497 e. The van der Waals surface area contributed by atoms with Crippen LogP contribution in [-0.2, 0) is 19.4 Å². The Balaban J connectivity index is 1.64. The van der Waals surface area contributed by atoms with Crippen LogP contribution >= 0.6 is 11.6 Å². The van der Waals surface area contributed by atoms with Crippen LogP contribution in [0.4, 0.5) is 0 Å². The first kappa shape index (κ1) is 18.1. The average Bonchev–Trinajstić information content (AvgIpc) is 2.90. The van der Waals surface area contributed by atoms with Crippen LogP contribution in [0.2, 0.25) is 5.02 Å². The predicted molar refractivity (Wildman–Crippen MR) is 102 cm³/mol. The van der Waals surface area contributed by atoms with Crippen molar-refractivity contribution in [2.45, 2.75) is 25.8 Å². The fourth-order valence-corrected chi connectivity index (χ4v) is 3.12. The van der Waals surface area contributed by atoms with Gasteiger partial charge in [-0.3, -0.25) is 4.57 Å². The van der Waals surface area contributed by atoms with Gasteiger partial charge in [-0.05, 0) is 54.7 Å². The van der Waals surface area contributed by atoms with Crippen LogP contribution in [0, 0.1) is 0 Å². The van der Waals surface area contributed by atoms with Gasteiger partial charge in [0.2, 0.25) is 5.88 Å². The molecule has 2 aromatic carbocycles. The lowest BCUT2D eigenvalue weighted by molar-refractivity contribution is 0.414. The summed E-state index contributed by atoms with van der Waals surface area (Å²) in [6, 6.07) is 15.1. The standard InChI is InChI=1S/C20H21ClN2O3/c1-26-17-10-8-14(9-11-17)4-3-7-18-19(24)23(20(25)22-18)13-15-5-2-6-16(21)12-15/h2,5-6,8-12,24H,3-4,7,13H2,1H3,(H,22,25). The number of ether oxygens (including phenoxy) is 1. The number of hydrogen-bond acceptors (Lipinski definition) is 3. The minimum Gasteiger partial charge on any atom is -0.497 e. The van der Waals surface area contributed by atoms with Crippen molar-refractivity contribution in [3.8, 4) is 11.6 Å². The molecule has 0 bridgehead atoms. The summed E-state index contributed by atoms with van der Waals surface area (Å²) in [5.41, 5.74) is 2.29. The first-order chi connectivity index (χ1) is 12.6. The lowest BCUT2D eigenvalue weighted by Gasteiger charge is -2.05. The number of H-pyrrole nitrogens is 1. The van der Waals surface area contributed by atoms with Gasteiger partial charge in [0.1, 0.15) is 5.75 Å². The van der Waals surface area contributed by atoms with Crippen molar-refractivity contribution in [1.29, 1.82) is 0 Å². The number of imidazole rings is 1. The second-order valence-corrected chi connectivity index (χ2v) is 6.59. The van der Waals surface area contributed by atoms with Crippen molar-refractivity contribution >= 4 is 11.6 Å². The summed E-state index contributed by atoms with van der Waals surface area (Å²) in [6.07, 6.45) is 2.26. The number of aromatic nitrogens is 2. The molecule has 0 radical (unpaired) electrons. The molecule has 0 spiro atoms. The molecule has 0 amide bonds. The van der Waals surface area contributed by atoms with Crippen molar-refractivity contribution in [2.75, 3.05) is 7.11 Å². The minimum atomic E-state index is -0.318. The van der Waals surface area contributed by atoms with Gasteiger partial charge >= 0.3 is 5.69 Å². The Morgan fingerprint density at radius 2 is 1.88 bits per heavy atom. The third-order valence-electron chi connectivity index (χ3n) is 4.31. The highest BCUT2D eigenvalue weighted by Crippen LogP contribution is 2.19. The maximum absolute atomic E-state index is 12.2. The number of aromatic hydroxyl groups is 1. The zero-order chi connectivity index (χ0) is 18.5. The van der Waals surface area contributed by atoms with E-state index >= 15 is 0 Å². The first-order valence-corrected chi connectivity index (χ1v) is 8.82. The first-order valence-electron chi connectivity index (χ1n) is 8.45. The smallest absolute Gasteiger partial charge is 0.328 e. The Hall–Kier alpha value is -2.66. The maximum atomic E-state index is 12.2. The Morgan fingerprint density at radius 3 is 2.58 bits per heavy atom. The monoisotopic (exact) mass is 372 g/mol. The molecular formula is C20H21ClN2O3. The van der Waals surface area contributed by atoms with Gasteiger partial charge in [-0.15, -0.1) is 0 Å². The fourth-order valence-electron chi connectivity index (χ4n) is 2.91. The molecule has 136 valence electrons. The molecule has 2 N–H and O–H groups in total. The molecule has 0 unspecified atom stereocenters. The summed E-state index contributed by atoms with van der Waals surface area (Å²) in [6.45, 7) is 0.278. The maximum Gasteiger partial charge on any atom is 0.328 e. The van der Waals surface area contributed by atoms with Crippen LogP contribution in [0.25, 0.3) is 0 Å². The van der Waals surface area contributed by atoms with E-state index in [1.165, 1.54) is 10.1 Å². The van der Waals surface area contributed by atoms with Gasteiger partial charge in [0.25, 0.3) is 0 Å². The van der Waals surface area contributed by atoms with Gasteiger partial charge in [-0.2, -0.15) is 0 Å². The lowest BCUT2D eigenvalue weighted by Crippen LogP contribution is -2.17. The Morgan fingerprint density at radius 1 is 1.12 bits per heavy atom. The second-order valence-electron chi connectivity index (χ2n) is 6.15. The number of nitrogens with zero attached hydrogens (tertiary/aromatic N) is 1. The zero-order valence-corrected chi connectivity index (χ0v) is 15.3. The summed E-state index contributed by atoms with van der Waals surface area (Å²) in [7, 11) is 1.64. The summed E-state index contributed by atoms with van der Waals surface area (Å²) in [5, 5.41) is 11.0. The Kier molecular flexibility index (Phi) is 5.68. The van der Waals surface area contributed by atoms with Crippen molar-refractivity contribution in [3.63, 3.8) is 0 Å². The van der Waals surface area contributed by atoms with Crippen molar-refractivity contribution in [2.24, 2.45) is 0 Å². The quantitative estimate of drug-likeness (QED) is 0.663. The summed E-state index contributed by atoms with van der Waals surface area (Å²) in [4.78, 5) is 14.9. The van der Waals surface area contributed by atoms with E-state index in [1.807, 2.05) is 36.4 Å². The van der Waals surface area contributed by atoms with Crippen molar-refractivity contribution in [1.82, 2.24) is 9.55 Å². The fraction of sp³-hybridized carbons (Fsp3) is 0.250. The van der Waals surface area contributed by atoms with Gasteiger partial charge in [-0.25, -0.2) is 4.79 Å². The van der Waals surface area contributed by atoms with E-state index in [2.05, 4.69) is 4.98 Å². The number of nitrogens with one attached hydrogen (secondary N) is 1. The second kappa shape index (κ2) is 8.15. The molecule has 1 aromatic heterocycles. The van der Waals surface area contributed by atoms with Crippen molar-refractivity contribution in [3.05, 3.63) is 80.9 Å². The molecule has 0 saturated carbocycles. The van der Waals surface area contributed by atoms with E-state index in [4.69, 9.17) is 16.3 Å². The van der Waals surface area contributed by atoms with Crippen LogP contribution < -0.4 is 10.4 Å². The molecular weight excluding hydrogens is 352 g/mol. The molecule has 0 aliphatic rings. The van der Waals surface area contributed by atoms with Gasteiger partial charge in [0, 0.05) is 5.02 Å². The number of benzene rings is 2. The van der Waals surface area contributed by atoms with Crippen LogP contribution in [0.3, 0.4) is 0 Å². The number of rotatable bonds is 7. The molecule has 0 aliphatic heterocycles. The van der Waals surface area contributed by atoms with Crippen molar-refractivity contribution < 1.29 is 9.84 Å². The molecule has 3 rings (SSSR count). The topological polar surface area (TPSA) is 67.2 Å². The molecule has 0 aliphatic carbocycles. The highest BCUT2D eigenvalue weighted by atomic mass is 35.5. The number of methoxy groups -OCH3 is 1. The van der Waals surface area contributed by atoms with E-state index in [0.29, 0.717) is 17.1 Å². The summed E-state index contributed by atoms with van der Waals surface area (Å²) < 4.78 is 6.47. The summed E-state index contributed by atoms with van der Waals surface area (Å²) >= 11 is 5.98. The molecule has 1 heterocycles. The number of aromatic amines is 1. The van der Waals surface area contributed by atoms with E-state index in [-0.39, 0.29) is 18.1 Å². The van der Waals surface area contributed by atoms with E-state index in [1.54, 1.807) is 19.2 Å². The minimum absolute atomic E-state index is 0.00953. The highest BCUT2D eigenvalue weighted by molar-refractivity contribution is 6.30. The molecule has 3 aromatic rings. The molecule has 26 heavy (non-hydrogen) atoms. The van der Waals surface area contributed by atoms with Gasteiger partial charge in [-0.1, -0.05) is 35.9 Å². The number of aryl methyl sites for hydroxylation is 2.